The molecule has 2 aromatic rings. The first-order valence-corrected chi connectivity index (χ1v) is 9.95. The number of pyridine rings is 1. The average molecular weight is 364 g/mol. The number of anilines is 2. The van der Waals surface area contributed by atoms with Crippen LogP contribution in [0.15, 0.2) is 36.5 Å². The Morgan fingerprint density at radius 2 is 1.63 bits per heavy atom. The molecule has 3 heterocycles. The maximum absolute atomic E-state index is 12.9. The Bertz CT molecular complexity index is 804. The van der Waals surface area contributed by atoms with Crippen LogP contribution in [0.2, 0.25) is 0 Å². The van der Waals surface area contributed by atoms with E-state index in [1.54, 1.807) is 6.20 Å². The molecule has 0 bridgehead atoms. The Kier molecular flexibility index (Phi) is 5.01. The second-order valence-electron chi connectivity index (χ2n) is 7.60. The summed E-state index contributed by atoms with van der Waals surface area (Å²) in [5.74, 6) is 1.08. The van der Waals surface area contributed by atoms with Crippen molar-refractivity contribution in [2.75, 3.05) is 49.1 Å². The molecule has 0 spiro atoms. The molecule has 5 nitrogen and oxygen atoms in total. The van der Waals surface area contributed by atoms with Crippen LogP contribution in [0.4, 0.5) is 11.5 Å². The van der Waals surface area contributed by atoms with E-state index >= 15 is 0 Å². The Hall–Kier alpha value is -2.56. The van der Waals surface area contributed by atoms with Gasteiger partial charge >= 0.3 is 0 Å². The summed E-state index contributed by atoms with van der Waals surface area (Å²) in [4.78, 5) is 24.0. The van der Waals surface area contributed by atoms with Gasteiger partial charge in [-0.25, -0.2) is 4.98 Å². The van der Waals surface area contributed by atoms with Crippen LogP contribution in [-0.2, 0) is 0 Å². The molecule has 2 fully saturated rings. The summed E-state index contributed by atoms with van der Waals surface area (Å²) in [5, 5.41) is 0. The second-order valence-corrected chi connectivity index (χ2v) is 7.60. The van der Waals surface area contributed by atoms with Gasteiger partial charge in [0.05, 0.1) is 5.56 Å². The van der Waals surface area contributed by atoms with Crippen LogP contribution in [0.3, 0.4) is 0 Å². The number of carbonyl (C=O) groups is 1. The highest BCUT2D eigenvalue weighted by Gasteiger charge is 2.24. The fourth-order valence-corrected chi connectivity index (χ4v) is 4.06. The molecule has 2 aliphatic heterocycles. The molecule has 2 saturated heterocycles. The monoisotopic (exact) mass is 364 g/mol. The fraction of sp³-hybridized carbons (Fsp3) is 0.455. The van der Waals surface area contributed by atoms with E-state index in [2.05, 4.69) is 46.8 Å². The molecule has 0 radical (unpaired) electrons. The van der Waals surface area contributed by atoms with E-state index in [0.717, 1.165) is 45.1 Å². The van der Waals surface area contributed by atoms with Crippen LogP contribution in [0.1, 0.15) is 34.3 Å². The van der Waals surface area contributed by atoms with Gasteiger partial charge in [-0.3, -0.25) is 4.79 Å². The van der Waals surface area contributed by atoms with Gasteiger partial charge in [0.2, 0.25) is 0 Å². The lowest BCUT2D eigenvalue weighted by atomic mass is 10.1. The third-order valence-corrected chi connectivity index (χ3v) is 5.91. The molecule has 4 rings (SSSR count). The summed E-state index contributed by atoms with van der Waals surface area (Å²) in [6.45, 7) is 9.71. The van der Waals surface area contributed by atoms with Gasteiger partial charge in [0.15, 0.2) is 0 Å². The lowest BCUT2D eigenvalue weighted by Crippen LogP contribution is -2.49. The van der Waals surface area contributed by atoms with Crippen LogP contribution in [-0.4, -0.2) is 55.1 Å². The standard InChI is InChI=1S/C22H28N4O/c1-17-6-5-7-20(18(17)2)24-12-14-26(15-13-24)22(27)19-8-9-21(23-16-19)25-10-3-4-11-25/h5-9,16H,3-4,10-15H2,1-2H3. The van der Waals surface area contributed by atoms with E-state index in [4.69, 9.17) is 0 Å². The van der Waals surface area contributed by atoms with Crippen molar-refractivity contribution in [3.05, 3.63) is 53.2 Å². The van der Waals surface area contributed by atoms with Crippen molar-refractivity contribution in [3.63, 3.8) is 0 Å². The third kappa shape index (κ3) is 3.64. The number of carbonyl (C=O) groups excluding carboxylic acids is 1. The van der Waals surface area contributed by atoms with E-state index in [1.807, 2.05) is 17.0 Å². The van der Waals surface area contributed by atoms with E-state index in [-0.39, 0.29) is 5.91 Å². The molecule has 0 N–H and O–H groups in total. The number of aromatic nitrogens is 1. The quantitative estimate of drug-likeness (QED) is 0.838. The average Bonchev–Trinajstić information content (AvgIpc) is 3.25. The van der Waals surface area contributed by atoms with Gasteiger partial charge in [-0.15, -0.1) is 0 Å². The highest BCUT2D eigenvalue weighted by Crippen LogP contribution is 2.24. The van der Waals surface area contributed by atoms with Gasteiger partial charge in [0.1, 0.15) is 5.82 Å². The van der Waals surface area contributed by atoms with Gasteiger partial charge < -0.3 is 14.7 Å². The van der Waals surface area contributed by atoms with Crippen molar-refractivity contribution in [1.29, 1.82) is 0 Å². The Morgan fingerprint density at radius 1 is 0.889 bits per heavy atom. The highest BCUT2D eigenvalue weighted by atomic mass is 16.2. The highest BCUT2D eigenvalue weighted by molar-refractivity contribution is 5.94. The number of aryl methyl sites for hydroxylation is 1. The second kappa shape index (κ2) is 7.59. The maximum Gasteiger partial charge on any atom is 0.255 e. The topological polar surface area (TPSA) is 39.7 Å². The van der Waals surface area contributed by atoms with Crippen molar-refractivity contribution in [3.8, 4) is 0 Å². The number of piperazine rings is 1. The normalized spacial score (nSPS) is 17.5. The number of benzene rings is 1. The predicted molar refractivity (Wildman–Crippen MR) is 110 cm³/mol. The lowest BCUT2D eigenvalue weighted by Gasteiger charge is -2.37. The minimum absolute atomic E-state index is 0.0936. The van der Waals surface area contributed by atoms with Crippen LogP contribution >= 0.6 is 0 Å². The zero-order valence-electron chi connectivity index (χ0n) is 16.3. The van der Waals surface area contributed by atoms with E-state index < -0.39 is 0 Å². The van der Waals surface area contributed by atoms with Gasteiger partial charge in [-0.05, 0) is 56.0 Å². The number of hydrogen-bond acceptors (Lipinski definition) is 4. The van der Waals surface area contributed by atoms with E-state index in [1.165, 1.54) is 29.7 Å². The molecule has 0 atom stereocenters. The van der Waals surface area contributed by atoms with Crippen molar-refractivity contribution >= 4 is 17.4 Å². The maximum atomic E-state index is 12.9. The lowest BCUT2D eigenvalue weighted by molar-refractivity contribution is 0.0746. The third-order valence-electron chi connectivity index (χ3n) is 5.91. The summed E-state index contributed by atoms with van der Waals surface area (Å²) in [6, 6.07) is 10.4. The minimum Gasteiger partial charge on any atom is -0.368 e. The smallest absolute Gasteiger partial charge is 0.255 e. The van der Waals surface area contributed by atoms with Gasteiger partial charge in [-0.2, -0.15) is 0 Å². The summed E-state index contributed by atoms with van der Waals surface area (Å²) in [5.41, 5.74) is 4.63. The molecule has 0 aliphatic carbocycles. The van der Waals surface area contributed by atoms with Crippen molar-refractivity contribution in [2.45, 2.75) is 26.7 Å². The summed E-state index contributed by atoms with van der Waals surface area (Å²) in [6.07, 6.45) is 4.20. The van der Waals surface area contributed by atoms with Gasteiger partial charge in [0, 0.05) is 51.2 Å². The Morgan fingerprint density at radius 3 is 2.30 bits per heavy atom. The first kappa shape index (κ1) is 17.8. The Labute approximate surface area is 161 Å². The molecule has 1 aromatic carbocycles. The number of hydrogen-bond donors (Lipinski definition) is 0. The minimum atomic E-state index is 0.0936. The molecule has 27 heavy (non-hydrogen) atoms. The summed E-state index contributed by atoms with van der Waals surface area (Å²) in [7, 11) is 0. The fourth-order valence-electron chi connectivity index (χ4n) is 4.06. The first-order valence-electron chi connectivity index (χ1n) is 9.95. The summed E-state index contributed by atoms with van der Waals surface area (Å²) >= 11 is 0. The van der Waals surface area contributed by atoms with Crippen molar-refractivity contribution in [1.82, 2.24) is 9.88 Å². The molecule has 2 aliphatic rings. The van der Waals surface area contributed by atoms with Crippen LogP contribution in [0.25, 0.3) is 0 Å². The zero-order chi connectivity index (χ0) is 18.8. The van der Waals surface area contributed by atoms with E-state index in [0.29, 0.717) is 5.56 Å². The number of rotatable bonds is 3. The molecule has 1 aromatic heterocycles. The molecule has 1 amide bonds. The summed E-state index contributed by atoms with van der Waals surface area (Å²) < 4.78 is 0. The molecule has 142 valence electrons. The molecular formula is C22H28N4O. The number of nitrogens with zero attached hydrogens (tertiary/aromatic N) is 4. The predicted octanol–water partition coefficient (Wildman–Crippen LogP) is 3.26. The molecular weight excluding hydrogens is 336 g/mol. The van der Waals surface area contributed by atoms with E-state index in [9.17, 15) is 4.79 Å². The SMILES string of the molecule is Cc1cccc(N2CCN(C(=O)c3ccc(N4CCCC4)nc3)CC2)c1C. The Balaban J connectivity index is 1.39. The van der Waals surface area contributed by atoms with Crippen LogP contribution in [0.5, 0.6) is 0 Å². The van der Waals surface area contributed by atoms with Crippen molar-refractivity contribution < 1.29 is 4.79 Å². The van der Waals surface area contributed by atoms with Crippen LogP contribution < -0.4 is 9.80 Å². The molecule has 0 unspecified atom stereocenters. The van der Waals surface area contributed by atoms with Gasteiger partial charge in [0.25, 0.3) is 5.91 Å². The van der Waals surface area contributed by atoms with Crippen molar-refractivity contribution in [2.24, 2.45) is 0 Å². The van der Waals surface area contributed by atoms with Crippen LogP contribution in [0, 0.1) is 13.8 Å². The molecule has 5 heteroatoms. The first-order chi connectivity index (χ1) is 13.1. The number of amides is 1. The largest absolute Gasteiger partial charge is 0.368 e. The molecule has 0 saturated carbocycles. The van der Waals surface area contributed by atoms with Gasteiger partial charge in [-0.1, -0.05) is 12.1 Å². The zero-order valence-corrected chi connectivity index (χ0v) is 16.3.